The summed E-state index contributed by atoms with van der Waals surface area (Å²) in [5, 5.41) is 19.0. The second-order valence-electron chi connectivity index (χ2n) is 6.90. The first-order chi connectivity index (χ1) is 9.93. The molecule has 1 fully saturated rings. The highest BCUT2D eigenvalue weighted by Gasteiger charge is 2.43. The number of hydrogen-bond donors (Lipinski definition) is 1. The number of nitriles is 1. The summed E-state index contributed by atoms with van der Waals surface area (Å²) in [7, 11) is 0. The minimum Gasteiger partial charge on any atom is -0.493 e. The van der Waals surface area contributed by atoms with E-state index in [4.69, 9.17) is 14.7 Å². The third-order valence-electron chi connectivity index (χ3n) is 4.37. The van der Waals surface area contributed by atoms with Gasteiger partial charge in [0.1, 0.15) is 17.1 Å². The molecule has 0 aromatic heterocycles. The van der Waals surface area contributed by atoms with Crippen LogP contribution in [0, 0.1) is 16.7 Å². The van der Waals surface area contributed by atoms with E-state index >= 15 is 0 Å². The van der Waals surface area contributed by atoms with Gasteiger partial charge in [0.05, 0.1) is 18.8 Å². The van der Waals surface area contributed by atoms with E-state index in [0.717, 1.165) is 24.2 Å². The maximum absolute atomic E-state index is 10.2. The number of benzene rings is 1. The molecule has 1 heterocycles. The second kappa shape index (κ2) is 4.92. The first kappa shape index (κ1) is 14.2. The third kappa shape index (κ3) is 2.98. The van der Waals surface area contributed by atoms with Crippen LogP contribution >= 0.6 is 0 Å². The fourth-order valence-corrected chi connectivity index (χ4v) is 2.84. The number of nitrogens with zero attached hydrogens (tertiary/aromatic N) is 1. The van der Waals surface area contributed by atoms with Crippen LogP contribution in [0.5, 0.6) is 11.5 Å². The molecule has 1 aliphatic heterocycles. The number of aliphatic hydroxyl groups excluding tert-OH is 1. The van der Waals surface area contributed by atoms with Crippen molar-refractivity contribution in [1.29, 1.82) is 5.26 Å². The zero-order valence-corrected chi connectivity index (χ0v) is 12.6. The molecule has 0 bridgehead atoms. The Balaban J connectivity index is 1.73. The van der Waals surface area contributed by atoms with Crippen LogP contribution < -0.4 is 9.47 Å². The van der Waals surface area contributed by atoms with E-state index < -0.39 is 6.10 Å². The minimum atomic E-state index is -0.494. The number of ether oxygens (including phenoxy) is 2. The molecular weight excluding hydrogens is 266 g/mol. The van der Waals surface area contributed by atoms with Gasteiger partial charge in [-0.1, -0.05) is 0 Å². The molecule has 0 radical (unpaired) electrons. The van der Waals surface area contributed by atoms with E-state index in [2.05, 4.69) is 6.07 Å². The SMILES string of the molecule is CC1(C)CC(O)c2ccc(OCC3(CC#N)CC3)cc2O1. The summed E-state index contributed by atoms with van der Waals surface area (Å²) in [5.74, 6) is 1.43. The van der Waals surface area contributed by atoms with E-state index in [1.807, 2.05) is 32.0 Å². The van der Waals surface area contributed by atoms with Gasteiger partial charge in [-0.05, 0) is 38.8 Å². The molecule has 1 aliphatic carbocycles. The first-order valence-electron chi connectivity index (χ1n) is 7.44. The average Bonchev–Trinajstić information content (AvgIpc) is 3.15. The molecule has 1 N–H and O–H groups in total. The number of fused-ring (bicyclic) bond motifs is 1. The van der Waals surface area contributed by atoms with E-state index in [1.165, 1.54) is 0 Å². The normalized spacial score (nSPS) is 24.4. The van der Waals surface area contributed by atoms with Gasteiger partial charge in [-0.25, -0.2) is 0 Å². The molecule has 3 rings (SSSR count). The Hall–Kier alpha value is -1.73. The molecule has 0 amide bonds. The molecule has 2 aliphatic rings. The standard InChI is InChI=1S/C17H21NO3/c1-16(2)10-14(19)13-4-3-12(9-15(13)21-16)20-11-17(5-6-17)7-8-18/h3-4,9,14,19H,5-7,10-11H2,1-2H3. The van der Waals surface area contributed by atoms with Crippen molar-refractivity contribution in [2.75, 3.05) is 6.61 Å². The van der Waals surface area contributed by atoms with Gasteiger partial charge in [0.15, 0.2) is 0 Å². The van der Waals surface area contributed by atoms with Crippen molar-refractivity contribution in [2.24, 2.45) is 5.41 Å². The largest absolute Gasteiger partial charge is 0.493 e. The lowest BCUT2D eigenvalue weighted by atomic mass is 9.92. The summed E-state index contributed by atoms with van der Waals surface area (Å²) >= 11 is 0. The quantitative estimate of drug-likeness (QED) is 0.922. The van der Waals surface area contributed by atoms with Crippen LogP contribution in [0.25, 0.3) is 0 Å². The van der Waals surface area contributed by atoms with Gasteiger partial charge >= 0.3 is 0 Å². The zero-order valence-electron chi connectivity index (χ0n) is 12.6. The molecule has 4 nitrogen and oxygen atoms in total. The lowest BCUT2D eigenvalue weighted by Crippen LogP contribution is -2.34. The van der Waals surface area contributed by atoms with Crippen molar-refractivity contribution in [1.82, 2.24) is 0 Å². The molecule has 1 unspecified atom stereocenters. The van der Waals surface area contributed by atoms with Gasteiger partial charge in [-0.15, -0.1) is 0 Å². The molecule has 1 aromatic carbocycles. The van der Waals surface area contributed by atoms with Crippen LogP contribution in [0.4, 0.5) is 0 Å². The molecule has 1 aromatic rings. The van der Waals surface area contributed by atoms with Crippen molar-refractivity contribution < 1.29 is 14.6 Å². The summed E-state index contributed by atoms with van der Waals surface area (Å²) in [6.45, 7) is 4.52. The van der Waals surface area contributed by atoms with Crippen LogP contribution in [0.1, 0.15) is 51.2 Å². The maximum Gasteiger partial charge on any atom is 0.129 e. The maximum atomic E-state index is 10.2. The highest BCUT2D eigenvalue weighted by Crippen LogP contribution is 2.49. The van der Waals surface area contributed by atoms with Gasteiger partial charge in [-0.2, -0.15) is 5.26 Å². The van der Waals surface area contributed by atoms with Gasteiger partial charge in [-0.3, -0.25) is 0 Å². The van der Waals surface area contributed by atoms with E-state index in [0.29, 0.717) is 25.2 Å². The summed E-state index contributed by atoms with van der Waals surface area (Å²) in [4.78, 5) is 0. The van der Waals surface area contributed by atoms with Crippen LogP contribution in [0.3, 0.4) is 0 Å². The van der Waals surface area contributed by atoms with Gasteiger partial charge in [0.25, 0.3) is 0 Å². The van der Waals surface area contributed by atoms with Crippen LogP contribution in [0.2, 0.25) is 0 Å². The van der Waals surface area contributed by atoms with Crippen LogP contribution in [-0.2, 0) is 0 Å². The molecule has 1 saturated carbocycles. The lowest BCUT2D eigenvalue weighted by Gasteiger charge is -2.35. The Morgan fingerprint density at radius 3 is 2.86 bits per heavy atom. The summed E-state index contributed by atoms with van der Waals surface area (Å²) < 4.78 is 11.8. The monoisotopic (exact) mass is 287 g/mol. The lowest BCUT2D eigenvalue weighted by molar-refractivity contribution is 0.0112. The van der Waals surface area contributed by atoms with E-state index in [9.17, 15) is 5.11 Å². The van der Waals surface area contributed by atoms with Crippen LogP contribution in [-0.4, -0.2) is 17.3 Å². The Labute approximate surface area is 125 Å². The van der Waals surface area contributed by atoms with Crippen molar-refractivity contribution >= 4 is 0 Å². The third-order valence-corrected chi connectivity index (χ3v) is 4.37. The average molecular weight is 287 g/mol. The zero-order chi connectivity index (χ0) is 15.1. The van der Waals surface area contributed by atoms with Gasteiger partial charge < -0.3 is 14.6 Å². The number of rotatable bonds is 4. The Kier molecular flexibility index (Phi) is 3.33. The fraction of sp³-hybridized carbons (Fsp3) is 0.588. The molecule has 0 saturated heterocycles. The molecule has 21 heavy (non-hydrogen) atoms. The number of hydrogen-bond acceptors (Lipinski definition) is 4. The Morgan fingerprint density at radius 1 is 1.43 bits per heavy atom. The van der Waals surface area contributed by atoms with E-state index in [-0.39, 0.29) is 11.0 Å². The van der Waals surface area contributed by atoms with Crippen molar-refractivity contribution in [3.8, 4) is 17.6 Å². The summed E-state index contributed by atoms with van der Waals surface area (Å²) in [6.07, 6.45) is 2.78. The predicted molar refractivity (Wildman–Crippen MR) is 78.1 cm³/mol. The molecule has 4 heteroatoms. The molecular formula is C17H21NO3. The molecule has 1 atom stereocenters. The van der Waals surface area contributed by atoms with E-state index in [1.54, 1.807) is 0 Å². The fourth-order valence-electron chi connectivity index (χ4n) is 2.84. The Morgan fingerprint density at radius 2 is 2.19 bits per heavy atom. The van der Waals surface area contributed by atoms with Crippen LogP contribution in [0.15, 0.2) is 18.2 Å². The smallest absolute Gasteiger partial charge is 0.129 e. The van der Waals surface area contributed by atoms with Crippen molar-refractivity contribution in [2.45, 2.75) is 51.2 Å². The molecule has 0 spiro atoms. The highest BCUT2D eigenvalue weighted by molar-refractivity contribution is 5.43. The van der Waals surface area contributed by atoms with Crippen molar-refractivity contribution in [3.05, 3.63) is 23.8 Å². The summed E-state index contributed by atoms with van der Waals surface area (Å²) in [5.41, 5.74) is 0.508. The van der Waals surface area contributed by atoms with Gasteiger partial charge in [0.2, 0.25) is 0 Å². The first-order valence-corrected chi connectivity index (χ1v) is 7.44. The summed E-state index contributed by atoms with van der Waals surface area (Å²) in [6, 6.07) is 7.82. The number of aliphatic hydroxyl groups is 1. The minimum absolute atomic E-state index is 0.0598. The topological polar surface area (TPSA) is 62.5 Å². The predicted octanol–water partition coefficient (Wildman–Crippen LogP) is 3.35. The second-order valence-corrected chi connectivity index (χ2v) is 6.90. The van der Waals surface area contributed by atoms with Crippen molar-refractivity contribution in [3.63, 3.8) is 0 Å². The van der Waals surface area contributed by atoms with Gasteiger partial charge in [0, 0.05) is 29.9 Å². The molecule has 112 valence electrons. The Bertz CT molecular complexity index is 584. The highest BCUT2D eigenvalue weighted by atomic mass is 16.5.